The van der Waals surface area contributed by atoms with Crippen LogP contribution in [0.3, 0.4) is 0 Å². The van der Waals surface area contributed by atoms with Crippen LogP contribution in [0.15, 0.2) is 35.0 Å². The van der Waals surface area contributed by atoms with Crippen molar-refractivity contribution >= 4 is 28.7 Å². The molecule has 1 aromatic carbocycles. The average Bonchev–Trinajstić information content (AvgIpc) is 2.28. The van der Waals surface area contributed by atoms with Crippen molar-refractivity contribution in [2.45, 2.75) is 13.8 Å². The van der Waals surface area contributed by atoms with Gasteiger partial charge in [0.05, 0.1) is 9.96 Å². The number of hydrogen-bond donors (Lipinski definition) is 2. The van der Waals surface area contributed by atoms with E-state index in [1.165, 1.54) is 12.1 Å². The second kappa shape index (κ2) is 5.45. The molecule has 0 saturated heterocycles. The fourth-order valence-corrected chi connectivity index (χ4v) is 1.27. The molecule has 6 heteroatoms. The van der Waals surface area contributed by atoms with Crippen molar-refractivity contribution in [3.8, 4) is 0 Å². The van der Waals surface area contributed by atoms with Gasteiger partial charge in [-0.25, -0.2) is 0 Å². The number of nitro groups is 1. The van der Waals surface area contributed by atoms with E-state index in [4.69, 9.17) is 17.0 Å². The van der Waals surface area contributed by atoms with Gasteiger partial charge in [0.1, 0.15) is 0 Å². The van der Waals surface area contributed by atoms with Gasteiger partial charge in [0, 0.05) is 29.2 Å². The number of non-ortho nitro benzene ring substituents is 1. The largest absolute Gasteiger partial charge is 0.358 e. The first-order chi connectivity index (χ1) is 7.91. The van der Waals surface area contributed by atoms with Crippen LogP contribution < -0.4 is 5.32 Å². The predicted molar refractivity (Wildman–Crippen MR) is 68.7 cm³/mol. The highest BCUT2D eigenvalue weighted by Gasteiger charge is 2.05. The quantitative estimate of drug-likeness (QED) is 0.489. The maximum atomic E-state index is 10.5. The number of anilines is 1. The summed E-state index contributed by atoms with van der Waals surface area (Å²) in [6.07, 6.45) is 0. The minimum atomic E-state index is -0.457. The molecule has 0 spiro atoms. The normalized spacial score (nSPS) is 11.7. The lowest BCUT2D eigenvalue weighted by Crippen LogP contribution is -2.02. The topological polar surface area (TPSA) is 79.0 Å². The smallest absolute Gasteiger partial charge is 0.269 e. The van der Waals surface area contributed by atoms with Crippen molar-refractivity contribution in [2.24, 2.45) is 0 Å². The van der Waals surface area contributed by atoms with Crippen molar-refractivity contribution in [1.82, 2.24) is 0 Å². The third kappa shape index (κ3) is 3.57. The zero-order chi connectivity index (χ0) is 13.0. The first-order valence-corrected chi connectivity index (χ1v) is 5.23. The number of rotatable bonds is 4. The van der Waals surface area contributed by atoms with Crippen molar-refractivity contribution < 1.29 is 4.92 Å². The molecule has 17 heavy (non-hydrogen) atoms. The molecule has 1 rings (SSSR count). The van der Waals surface area contributed by atoms with Gasteiger partial charge in [-0.05, 0) is 26.0 Å². The third-order valence-corrected chi connectivity index (χ3v) is 2.64. The Morgan fingerprint density at radius 1 is 1.35 bits per heavy atom. The van der Waals surface area contributed by atoms with Crippen LogP contribution >= 0.6 is 11.6 Å². The minimum absolute atomic E-state index is 0.0338. The van der Waals surface area contributed by atoms with E-state index in [9.17, 15) is 10.1 Å². The van der Waals surface area contributed by atoms with Gasteiger partial charge in [0.25, 0.3) is 5.69 Å². The first-order valence-electron chi connectivity index (χ1n) is 4.85. The van der Waals surface area contributed by atoms with E-state index in [2.05, 4.69) is 5.32 Å². The molecule has 0 atom stereocenters. The zero-order valence-corrected chi connectivity index (χ0v) is 10.2. The molecule has 0 unspecified atom stereocenters. The number of allylic oxidation sites excluding steroid dienone is 2. The molecule has 0 bridgehead atoms. The Bertz CT molecular complexity index is 480. The zero-order valence-electron chi connectivity index (χ0n) is 9.45. The Morgan fingerprint density at radius 2 is 1.88 bits per heavy atom. The molecule has 0 aliphatic carbocycles. The lowest BCUT2D eigenvalue weighted by molar-refractivity contribution is -0.384. The van der Waals surface area contributed by atoms with Gasteiger partial charge < -0.3 is 10.7 Å². The molecule has 1 aromatic rings. The van der Waals surface area contributed by atoms with E-state index in [-0.39, 0.29) is 11.4 Å². The Balaban J connectivity index is 2.87. The second-order valence-electron chi connectivity index (χ2n) is 3.49. The number of nitrogens with one attached hydrogen (secondary N) is 2. The number of nitrogens with zero attached hydrogens (tertiary/aromatic N) is 1. The fourth-order valence-electron chi connectivity index (χ4n) is 1.22. The summed E-state index contributed by atoms with van der Waals surface area (Å²) in [5, 5.41) is 21.1. The lowest BCUT2D eigenvalue weighted by Gasteiger charge is -2.08. The standard InChI is InChI=1S/C11H12ClN3O2/c1-7(13)11(12)8(2)14-9-3-5-10(6-4-9)15(16)17/h3-6,13-14H,1-2H3/b11-8+,13-7?. The monoisotopic (exact) mass is 253 g/mol. The van der Waals surface area contributed by atoms with Gasteiger partial charge in [-0.1, -0.05) is 11.6 Å². The number of hydrogen-bond acceptors (Lipinski definition) is 4. The summed E-state index contributed by atoms with van der Waals surface area (Å²) < 4.78 is 0. The van der Waals surface area contributed by atoms with Gasteiger partial charge in [-0.15, -0.1) is 0 Å². The Morgan fingerprint density at radius 3 is 2.29 bits per heavy atom. The maximum absolute atomic E-state index is 10.5. The lowest BCUT2D eigenvalue weighted by atomic mass is 10.2. The van der Waals surface area contributed by atoms with Crippen molar-refractivity contribution in [1.29, 1.82) is 5.41 Å². The van der Waals surface area contributed by atoms with Crippen molar-refractivity contribution in [2.75, 3.05) is 5.32 Å². The summed E-state index contributed by atoms with van der Waals surface area (Å²) in [7, 11) is 0. The molecule has 5 nitrogen and oxygen atoms in total. The van der Waals surface area contributed by atoms with Crippen molar-refractivity contribution in [3.05, 3.63) is 45.1 Å². The molecule has 0 heterocycles. The first kappa shape index (κ1) is 13.2. The molecule has 0 radical (unpaired) electrons. The van der Waals surface area contributed by atoms with E-state index in [1.807, 2.05) is 0 Å². The van der Waals surface area contributed by atoms with Crippen molar-refractivity contribution in [3.63, 3.8) is 0 Å². The number of halogens is 1. The summed E-state index contributed by atoms with van der Waals surface area (Å²) in [5.74, 6) is 0. The van der Waals surface area contributed by atoms with Crippen LogP contribution in [0, 0.1) is 15.5 Å². The number of nitro benzene ring substituents is 1. The van der Waals surface area contributed by atoms with Crippen LogP contribution in [0.2, 0.25) is 0 Å². The van der Waals surface area contributed by atoms with Crippen LogP contribution in [0.4, 0.5) is 11.4 Å². The average molecular weight is 254 g/mol. The molecular formula is C11H12ClN3O2. The third-order valence-electron chi connectivity index (χ3n) is 2.07. The van der Waals surface area contributed by atoms with E-state index >= 15 is 0 Å². The molecule has 0 fully saturated rings. The van der Waals surface area contributed by atoms with Crippen LogP contribution in [0.25, 0.3) is 0 Å². The highest BCUT2D eigenvalue weighted by Crippen LogP contribution is 2.19. The van der Waals surface area contributed by atoms with Gasteiger partial charge >= 0.3 is 0 Å². The molecule has 90 valence electrons. The summed E-state index contributed by atoms with van der Waals surface area (Å²) in [5.41, 5.74) is 1.62. The highest BCUT2D eigenvalue weighted by molar-refractivity contribution is 6.43. The molecular weight excluding hydrogens is 242 g/mol. The fraction of sp³-hybridized carbons (Fsp3) is 0.182. The minimum Gasteiger partial charge on any atom is -0.358 e. The highest BCUT2D eigenvalue weighted by atomic mass is 35.5. The molecule has 0 amide bonds. The van der Waals surface area contributed by atoms with Crippen LogP contribution in [-0.2, 0) is 0 Å². The Labute approximate surface area is 104 Å². The van der Waals surface area contributed by atoms with E-state index in [1.54, 1.807) is 26.0 Å². The SMILES string of the molecule is CC(=N)/C(Cl)=C(/C)Nc1ccc([N+](=O)[O-])cc1. The van der Waals surface area contributed by atoms with E-state index in [0.29, 0.717) is 16.4 Å². The van der Waals surface area contributed by atoms with Crippen LogP contribution in [0.1, 0.15) is 13.8 Å². The van der Waals surface area contributed by atoms with Gasteiger partial charge in [-0.3, -0.25) is 10.1 Å². The Kier molecular flexibility index (Phi) is 4.23. The van der Waals surface area contributed by atoms with E-state index in [0.717, 1.165) is 0 Å². The summed E-state index contributed by atoms with van der Waals surface area (Å²) in [6, 6.07) is 5.98. The number of benzene rings is 1. The summed E-state index contributed by atoms with van der Waals surface area (Å²) >= 11 is 5.88. The van der Waals surface area contributed by atoms with Crippen LogP contribution in [0.5, 0.6) is 0 Å². The molecule has 0 aromatic heterocycles. The predicted octanol–water partition coefficient (Wildman–Crippen LogP) is 3.52. The molecule has 0 saturated carbocycles. The summed E-state index contributed by atoms with van der Waals surface area (Å²) in [6.45, 7) is 3.32. The van der Waals surface area contributed by atoms with Gasteiger partial charge in [0.2, 0.25) is 0 Å². The van der Waals surface area contributed by atoms with Gasteiger partial charge in [-0.2, -0.15) is 0 Å². The van der Waals surface area contributed by atoms with Crippen LogP contribution in [-0.4, -0.2) is 10.6 Å². The molecule has 2 N–H and O–H groups in total. The van der Waals surface area contributed by atoms with Gasteiger partial charge in [0.15, 0.2) is 0 Å². The van der Waals surface area contributed by atoms with E-state index < -0.39 is 4.92 Å². The molecule has 0 aliphatic rings. The Hall–Kier alpha value is -1.88. The molecule has 0 aliphatic heterocycles. The maximum Gasteiger partial charge on any atom is 0.269 e. The summed E-state index contributed by atoms with van der Waals surface area (Å²) in [4.78, 5) is 10.0. The second-order valence-corrected chi connectivity index (χ2v) is 3.87.